The third kappa shape index (κ3) is 5.58. The zero-order chi connectivity index (χ0) is 15.0. The van der Waals surface area contributed by atoms with Gasteiger partial charge in [0.05, 0.1) is 7.11 Å². The lowest BCUT2D eigenvalue weighted by molar-refractivity contribution is -0.141. The Bertz CT molecular complexity index is 332. The maximum absolute atomic E-state index is 11.9. The van der Waals surface area contributed by atoms with Crippen molar-refractivity contribution in [2.24, 2.45) is 5.92 Å². The van der Waals surface area contributed by atoms with E-state index in [0.29, 0.717) is 6.42 Å². The van der Waals surface area contributed by atoms with Gasteiger partial charge in [0.2, 0.25) is 0 Å². The van der Waals surface area contributed by atoms with Crippen LogP contribution >= 0.6 is 0 Å². The molecular formula is C12H22N2O5. The Morgan fingerprint density at radius 3 is 2.26 bits per heavy atom. The molecule has 0 spiro atoms. The first-order valence-corrected chi connectivity index (χ1v) is 6.22. The molecule has 0 saturated carbocycles. The van der Waals surface area contributed by atoms with Gasteiger partial charge in [0.25, 0.3) is 0 Å². The van der Waals surface area contributed by atoms with Crippen LogP contribution in [0, 0.1) is 5.92 Å². The number of aliphatic carboxylic acids is 1. The first-order chi connectivity index (χ1) is 8.87. The van der Waals surface area contributed by atoms with E-state index in [0.717, 1.165) is 0 Å². The number of rotatable bonds is 7. The van der Waals surface area contributed by atoms with Crippen LogP contribution in [0.3, 0.4) is 0 Å². The lowest BCUT2D eigenvalue weighted by atomic mass is 9.99. The zero-order valence-electron chi connectivity index (χ0n) is 11.8. The molecule has 2 atom stereocenters. The third-order valence-electron chi connectivity index (χ3n) is 2.97. The minimum atomic E-state index is -1.09. The fourth-order valence-corrected chi connectivity index (χ4v) is 1.46. The van der Waals surface area contributed by atoms with Gasteiger partial charge in [-0.2, -0.15) is 0 Å². The van der Waals surface area contributed by atoms with Gasteiger partial charge in [-0.15, -0.1) is 0 Å². The molecule has 2 unspecified atom stereocenters. The Balaban J connectivity index is 4.68. The largest absolute Gasteiger partial charge is 0.480 e. The van der Waals surface area contributed by atoms with Crippen LogP contribution in [0.2, 0.25) is 0 Å². The zero-order valence-corrected chi connectivity index (χ0v) is 11.8. The molecule has 2 N–H and O–H groups in total. The van der Waals surface area contributed by atoms with Crippen LogP contribution in [0.4, 0.5) is 4.79 Å². The predicted molar refractivity (Wildman–Crippen MR) is 68.7 cm³/mol. The Morgan fingerprint density at radius 2 is 1.89 bits per heavy atom. The highest BCUT2D eigenvalue weighted by Gasteiger charge is 2.27. The fraction of sp³-hybridized carbons (Fsp3) is 0.750. The number of carboxylic acid groups (broad SMARTS) is 1. The maximum atomic E-state index is 11.9. The first-order valence-electron chi connectivity index (χ1n) is 6.22. The molecule has 0 aliphatic rings. The standard InChI is InChI=1S/C12H22N2O5/c1-5-8(3)10(11(16)17)13-12(18)14(6-2)7-9(15)19-4/h8,10H,5-7H2,1-4H3,(H,13,18)(H,16,17). The Kier molecular flexibility index (Phi) is 7.55. The molecule has 0 heterocycles. The quantitative estimate of drug-likeness (QED) is 0.666. The van der Waals surface area contributed by atoms with E-state index in [1.54, 1.807) is 13.8 Å². The number of carbonyl (C=O) groups is 3. The maximum Gasteiger partial charge on any atom is 0.326 e. The van der Waals surface area contributed by atoms with Gasteiger partial charge < -0.3 is 20.1 Å². The van der Waals surface area contributed by atoms with E-state index < -0.39 is 24.0 Å². The number of esters is 1. The van der Waals surface area contributed by atoms with Crippen LogP contribution in [0.5, 0.6) is 0 Å². The minimum Gasteiger partial charge on any atom is -0.480 e. The molecule has 0 bridgehead atoms. The van der Waals surface area contributed by atoms with Crippen LogP contribution in [0.25, 0.3) is 0 Å². The monoisotopic (exact) mass is 274 g/mol. The third-order valence-corrected chi connectivity index (χ3v) is 2.97. The number of ether oxygens (including phenoxy) is 1. The van der Waals surface area contributed by atoms with Crippen molar-refractivity contribution in [2.45, 2.75) is 33.2 Å². The molecule has 19 heavy (non-hydrogen) atoms. The number of nitrogens with zero attached hydrogens (tertiary/aromatic N) is 1. The summed E-state index contributed by atoms with van der Waals surface area (Å²) < 4.78 is 4.48. The van der Waals surface area contributed by atoms with E-state index >= 15 is 0 Å². The average Bonchev–Trinajstić information content (AvgIpc) is 2.40. The van der Waals surface area contributed by atoms with E-state index in [1.165, 1.54) is 12.0 Å². The molecule has 7 heteroatoms. The number of hydrogen-bond acceptors (Lipinski definition) is 4. The van der Waals surface area contributed by atoms with Gasteiger partial charge in [0, 0.05) is 6.54 Å². The summed E-state index contributed by atoms with van der Waals surface area (Å²) in [5.74, 6) is -1.83. The molecule has 0 saturated heterocycles. The van der Waals surface area contributed by atoms with Crippen LogP contribution in [0.1, 0.15) is 27.2 Å². The van der Waals surface area contributed by atoms with Crippen molar-refractivity contribution in [3.05, 3.63) is 0 Å². The fourth-order valence-electron chi connectivity index (χ4n) is 1.46. The summed E-state index contributed by atoms with van der Waals surface area (Å²) in [7, 11) is 1.23. The highest BCUT2D eigenvalue weighted by Crippen LogP contribution is 2.08. The van der Waals surface area contributed by atoms with E-state index in [9.17, 15) is 14.4 Å². The second-order valence-corrected chi connectivity index (χ2v) is 4.24. The second-order valence-electron chi connectivity index (χ2n) is 4.24. The molecule has 0 aliphatic carbocycles. The molecule has 110 valence electrons. The number of methoxy groups -OCH3 is 1. The number of amides is 2. The van der Waals surface area contributed by atoms with Crippen molar-refractivity contribution in [3.63, 3.8) is 0 Å². The van der Waals surface area contributed by atoms with E-state index in [4.69, 9.17) is 5.11 Å². The number of nitrogens with one attached hydrogen (secondary N) is 1. The van der Waals surface area contributed by atoms with E-state index in [1.807, 2.05) is 6.92 Å². The predicted octanol–water partition coefficient (Wildman–Crippen LogP) is 0.690. The SMILES string of the molecule is CCC(C)C(NC(=O)N(CC)CC(=O)OC)C(=O)O. The summed E-state index contributed by atoms with van der Waals surface area (Å²) in [5, 5.41) is 11.5. The van der Waals surface area contributed by atoms with Crippen LogP contribution in [-0.4, -0.2) is 54.2 Å². The van der Waals surface area contributed by atoms with Gasteiger partial charge in [0.15, 0.2) is 0 Å². The summed E-state index contributed by atoms with van der Waals surface area (Å²) >= 11 is 0. The Hall–Kier alpha value is -1.79. The molecule has 0 aliphatic heterocycles. The summed E-state index contributed by atoms with van der Waals surface area (Å²) in [6.07, 6.45) is 0.625. The van der Waals surface area contributed by atoms with E-state index in [2.05, 4.69) is 10.1 Å². The lowest BCUT2D eigenvalue weighted by Gasteiger charge is -2.25. The highest BCUT2D eigenvalue weighted by molar-refractivity contribution is 5.85. The van der Waals surface area contributed by atoms with Gasteiger partial charge in [-0.3, -0.25) is 4.79 Å². The summed E-state index contributed by atoms with van der Waals surface area (Å²) in [5.41, 5.74) is 0. The summed E-state index contributed by atoms with van der Waals surface area (Å²) in [6, 6.07) is -1.55. The van der Waals surface area contributed by atoms with Crippen molar-refractivity contribution >= 4 is 18.0 Å². The molecule has 0 aromatic heterocycles. The number of carbonyl (C=O) groups excluding carboxylic acids is 2. The average molecular weight is 274 g/mol. The van der Waals surface area contributed by atoms with Gasteiger partial charge in [-0.1, -0.05) is 20.3 Å². The van der Waals surface area contributed by atoms with Crippen LogP contribution < -0.4 is 5.32 Å². The normalized spacial score (nSPS) is 13.3. The number of likely N-dealkylation sites (N-methyl/N-ethyl adjacent to an activating group) is 1. The molecule has 0 aromatic rings. The number of hydrogen-bond donors (Lipinski definition) is 2. The number of carboxylic acids is 1. The summed E-state index contributed by atoms with van der Waals surface area (Å²) in [6.45, 7) is 5.37. The Morgan fingerprint density at radius 1 is 1.32 bits per heavy atom. The second kappa shape index (κ2) is 8.34. The van der Waals surface area contributed by atoms with Gasteiger partial charge >= 0.3 is 18.0 Å². The van der Waals surface area contributed by atoms with Gasteiger partial charge in [-0.05, 0) is 12.8 Å². The number of urea groups is 1. The van der Waals surface area contributed by atoms with Crippen molar-refractivity contribution in [3.8, 4) is 0 Å². The first kappa shape index (κ1) is 17.2. The molecule has 2 amide bonds. The van der Waals surface area contributed by atoms with Gasteiger partial charge in [-0.25, -0.2) is 9.59 Å². The van der Waals surface area contributed by atoms with Crippen LogP contribution in [-0.2, 0) is 14.3 Å². The van der Waals surface area contributed by atoms with Crippen molar-refractivity contribution in [2.75, 3.05) is 20.2 Å². The van der Waals surface area contributed by atoms with E-state index in [-0.39, 0.29) is 19.0 Å². The molecule has 0 rings (SSSR count). The molecule has 0 aromatic carbocycles. The summed E-state index contributed by atoms with van der Waals surface area (Å²) in [4.78, 5) is 35.3. The van der Waals surface area contributed by atoms with Crippen molar-refractivity contribution in [1.82, 2.24) is 10.2 Å². The molecular weight excluding hydrogens is 252 g/mol. The van der Waals surface area contributed by atoms with Crippen molar-refractivity contribution in [1.29, 1.82) is 0 Å². The molecule has 0 fully saturated rings. The Labute approximate surface area is 112 Å². The molecule has 0 radical (unpaired) electrons. The van der Waals surface area contributed by atoms with Gasteiger partial charge in [0.1, 0.15) is 12.6 Å². The van der Waals surface area contributed by atoms with Crippen molar-refractivity contribution < 1.29 is 24.2 Å². The molecule has 7 nitrogen and oxygen atoms in total. The van der Waals surface area contributed by atoms with Crippen LogP contribution in [0.15, 0.2) is 0 Å². The smallest absolute Gasteiger partial charge is 0.326 e. The minimum absolute atomic E-state index is 0.196. The highest BCUT2D eigenvalue weighted by atomic mass is 16.5. The lowest BCUT2D eigenvalue weighted by Crippen LogP contribution is -2.51. The topological polar surface area (TPSA) is 95.9 Å².